The van der Waals surface area contributed by atoms with Crippen LogP contribution in [-0.2, 0) is 19.7 Å². The summed E-state index contributed by atoms with van der Waals surface area (Å²) >= 11 is 0. The third-order valence-electron chi connectivity index (χ3n) is 5.18. The van der Waals surface area contributed by atoms with E-state index in [2.05, 4.69) is 48.8 Å². The summed E-state index contributed by atoms with van der Waals surface area (Å²) in [5, 5.41) is 0.0450. The van der Waals surface area contributed by atoms with E-state index in [1.807, 2.05) is 0 Å². The molecule has 3 rings (SSSR count). The molecule has 0 bridgehead atoms. The van der Waals surface area contributed by atoms with Gasteiger partial charge in [-0.25, -0.2) is 15.0 Å². The van der Waals surface area contributed by atoms with Crippen molar-refractivity contribution in [3.63, 3.8) is 0 Å². The number of nitrogens with zero attached hydrogens (tertiary/aromatic N) is 4. The van der Waals surface area contributed by atoms with Crippen LogP contribution in [0.15, 0.2) is 18.9 Å². The molecule has 2 atom stereocenters. The Morgan fingerprint density at radius 1 is 1.42 bits per heavy atom. The number of fused-ring (bicyclic) bond motifs is 1. The van der Waals surface area contributed by atoms with Crippen LogP contribution < -0.4 is 0 Å². The van der Waals surface area contributed by atoms with Crippen molar-refractivity contribution in [2.24, 2.45) is 0 Å². The first-order chi connectivity index (χ1) is 11.2. The summed E-state index contributed by atoms with van der Waals surface area (Å²) in [5.41, 5.74) is -0.0262. The van der Waals surface area contributed by atoms with E-state index in [4.69, 9.17) is 9.16 Å². The summed E-state index contributed by atoms with van der Waals surface area (Å²) in [6.45, 7) is 11.3. The number of rotatable bonds is 4. The quantitative estimate of drug-likeness (QED) is 0.624. The van der Waals surface area contributed by atoms with E-state index in [1.54, 1.807) is 17.1 Å². The number of ether oxygens (including phenoxy) is 1. The highest BCUT2D eigenvalue weighted by molar-refractivity contribution is 6.74. The van der Waals surface area contributed by atoms with Gasteiger partial charge in [0.05, 0.1) is 19.1 Å². The number of aromatic nitrogens is 4. The normalized spacial score (nSPS) is 25.3. The van der Waals surface area contributed by atoms with Gasteiger partial charge >= 0.3 is 0 Å². The lowest BCUT2D eigenvalue weighted by Gasteiger charge is -2.41. The summed E-state index contributed by atoms with van der Waals surface area (Å²) in [6, 6.07) is 0. The van der Waals surface area contributed by atoms with E-state index in [-0.39, 0.29) is 11.1 Å². The minimum absolute atomic E-state index is 0.0450. The summed E-state index contributed by atoms with van der Waals surface area (Å²) in [6.07, 6.45) is 5.77. The van der Waals surface area contributed by atoms with E-state index in [9.17, 15) is 4.79 Å². The molecule has 1 saturated heterocycles. The van der Waals surface area contributed by atoms with Crippen LogP contribution in [-0.4, -0.2) is 46.8 Å². The summed E-state index contributed by atoms with van der Waals surface area (Å²) in [7, 11) is -2.06. The molecule has 0 spiro atoms. The second kappa shape index (κ2) is 5.71. The average Bonchev–Trinajstić information content (AvgIpc) is 3.10. The molecule has 0 aromatic carbocycles. The lowest BCUT2D eigenvalue weighted by molar-refractivity contribution is -0.148. The number of hydrogen-bond acceptors (Lipinski definition) is 6. The molecule has 3 heterocycles. The first-order valence-electron chi connectivity index (χ1n) is 8.13. The zero-order valence-electron chi connectivity index (χ0n) is 14.8. The standard InChI is InChI=1S/C16H24N4O3Si/c1-15(2,3)24(4,5)23-13-6-7-22-16(13,9-21)20-11-19-12-8-17-10-18-14(12)20/h8-11,13H,6-7H2,1-5H3. The lowest BCUT2D eigenvalue weighted by atomic mass is 10.1. The molecule has 2 aromatic heterocycles. The van der Waals surface area contributed by atoms with Crippen LogP contribution in [0.4, 0.5) is 0 Å². The topological polar surface area (TPSA) is 79.1 Å². The molecule has 1 aliphatic rings. The fraction of sp³-hybridized carbons (Fsp3) is 0.625. The van der Waals surface area contributed by atoms with Crippen molar-refractivity contribution in [1.29, 1.82) is 0 Å². The van der Waals surface area contributed by atoms with E-state index in [0.29, 0.717) is 24.2 Å². The number of hydrogen-bond donors (Lipinski definition) is 0. The fourth-order valence-electron chi connectivity index (χ4n) is 2.72. The van der Waals surface area contributed by atoms with Crippen molar-refractivity contribution < 1.29 is 14.0 Å². The monoisotopic (exact) mass is 348 g/mol. The number of carbonyl (C=O) groups is 1. The maximum Gasteiger partial charge on any atom is 0.229 e. The van der Waals surface area contributed by atoms with Gasteiger partial charge in [0.25, 0.3) is 0 Å². The summed E-state index contributed by atoms with van der Waals surface area (Å²) in [4.78, 5) is 24.7. The van der Waals surface area contributed by atoms with E-state index in [1.165, 1.54) is 6.33 Å². The molecule has 2 unspecified atom stereocenters. The predicted octanol–water partition coefficient (Wildman–Crippen LogP) is 2.49. The molecule has 1 aliphatic heterocycles. The van der Waals surface area contributed by atoms with Gasteiger partial charge in [-0.15, -0.1) is 0 Å². The molecule has 0 radical (unpaired) electrons. The average molecular weight is 348 g/mol. The maximum absolute atomic E-state index is 12.1. The third kappa shape index (κ3) is 2.58. The molecular weight excluding hydrogens is 324 g/mol. The minimum atomic E-state index is -2.06. The van der Waals surface area contributed by atoms with Crippen LogP contribution >= 0.6 is 0 Å². The van der Waals surface area contributed by atoms with Crippen molar-refractivity contribution in [1.82, 2.24) is 19.5 Å². The van der Waals surface area contributed by atoms with Crippen molar-refractivity contribution >= 4 is 25.8 Å². The highest BCUT2D eigenvalue weighted by Crippen LogP contribution is 2.42. The zero-order valence-corrected chi connectivity index (χ0v) is 15.8. The van der Waals surface area contributed by atoms with Gasteiger partial charge in [0, 0.05) is 6.42 Å². The Labute approximate surface area is 142 Å². The second-order valence-electron chi connectivity index (χ2n) is 7.72. The Bertz CT molecular complexity index is 755. The summed E-state index contributed by atoms with van der Waals surface area (Å²) < 4.78 is 14.1. The second-order valence-corrected chi connectivity index (χ2v) is 12.5. The van der Waals surface area contributed by atoms with E-state index in [0.717, 1.165) is 6.29 Å². The number of imidazole rings is 1. The van der Waals surface area contributed by atoms with Crippen LogP contribution in [0.25, 0.3) is 11.2 Å². The first kappa shape index (κ1) is 17.2. The Balaban J connectivity index is 2.04. The van der Waals surface area contributed by atoms with Crippen molar-refractivity contribution in [2.45, 2.75) is 57.2 Å². The van der Waals surface area contributed by atoms with Crippen molar-refractivity contribution in [3.8, 4) is 0 Å². The van der Waals surface area contributed by atoms with Gasteiger partial charge in [-0.1, -0.05) is 20.8 Å². The molecule has 130 valence electrons. The van der Waals surface area contributed by atoms with Gasteiger partial charge < -0.3 is 9.16 Å². The zero-order chi connectivity index (χ0) is 17.6. The number of carbonyl (C=O) groups excluding carboxylic acids is 1. The SMILES string of the molecule is CC(C)(C)[Si](C)(C)OC1CCOC1(C=O)n1cnc2cncnc21. The fourth-order valence-corrected chi connectivity index (χ4v) is 4.07. The van der Waals surface area contributed by atoms with Gasteiger partial charge in [-0.05, 0) is 18.1 Å². The largest absolute Gasteiger partial charge is 0.408 e. The van der Waals surface area contributed by atoms with Crippen LogP contribution in [0.3, 0.4) is 0 Å². The van der Waals surface area contributed by atoms with Crippen LogP contribution in [0, 0.1) is 0 Å². The molecule has 8 heteroatoms. The molecule has 1 fully saturated rings. The molecule has 2 aromatic rings. The molecule has 0 amide bonds. The smallest absolute Gasteiger partial charge is 0.229 e. The lowest BCUT2D eigenvalue weighted by Crippen LogP contribution is -2.52. The Hall–Kier alpha value is -1.64. The van der Waals surface area contributed by atoms with Gasteiger partial charge in [-0.3, -0.25) is 9.36 Å². The molecular formula is C16H24N4O3Si. The van der Waals surface area contributed by atoms with Crippen LogP contribution in [0.1, 0.15) is 27.2 Å². The van der Waals surface area contributed by atoms with Gasteiger partial charge in [0.2, 0.25) is 5.72 Å². The predicted molar refractivity (Wildman–Crippen MR) is 92.0 cm³/mol. The van der Waals surface area contributed by atoms with Gasteiger partial charge in [0.1, 0.15) is 17.9 Å². The third-order valence-corrected chi connectivity index (χ3v) is 9.66. The molecule has 7 nitrogen and oxygen atoms in total. The van der Waals surface area contributed by atoms with Crippen LogP contribution in [0.5, 0.6) is 0 Å². The Kier molecular flexibility index (Phi) is 4.09. The molecule has 24 heavy (non-hydrogen) atoms. The van der Waals surface area contributed by atoms with Crippen molar-refractivity contribution in [3.05, 3.63) is 18.9 Å². The number of aldehydes is 1. The minimum Gasteiger partial charge on any atom is -0.408 e. The molecule has 0 aliphatic carbocycles. The molecule has 0 saturated carbocycles. The Morgan fingerprint density at radius 2 is 2.17 bits per heavy atom. The maximum atomic E-state index is 12.1. The highest BCUT2D eigenvalue weighted by atomic mass is 28.4. The van der Waals surface area contributed by atoms with Crippen molar-refractivity contribution in [2.75, 3.05) is 6.61 Å². The van der Waals surface area contributed by atoms with Gasteiger partial charge in [0.15, 0.2) is 20.3 Å². The van der Waals surface area contributed by atoms with Gasteiger partial charge in [-0.2, -0.15) is 0 Å². The summed E-state index contributed by atoms with van der Waals surface area (Å²) in [5.74, 6) is 0. The molecule has 0 N–H and O–H groups in total. The van der Waals surface area contributed by atoms with E-state index >= 15 is 0 Å². The van der Waals surface area contributed by atoms with Crippen LogP contribution in [0.2, 0.25) is 18.1 Å². The highest BCUT2D eigenvalue weighted by Gasteiger charge is 2.52. The Morgan fingerprint density at radius 3 is 2.83 bits per heavy atom. The first-order valence-corrected chi connectivity index (χ1v) is 11.0. The van der Waals surface area contributed by atoms with E-state index < -0.39 is 14.0 Å².